The maximum Gasteiger partial charge on any atom is 0.272 e. The minimum Gasteiger partial charge on any atom is -0.331 e. The van der Waals surface area contributed by atoms with Gasteiger partial charge in [-0.2, -0.15) is 0 Å². The highest BCUT2D eigenvalue weighted by atomic mass is 32.1. The zero-order valence-corrected chi connectivity index (χ0v) is 12.9. The van der Waals surface area contributed by atoms with Crippen LogP contribution in [0.1, 0.15) is 18.5 Å². The van der Waals surface area contributed by atoms with Gasteiger partial charge in [-0.15, -0.1) is 11.3 Å². The Kier molecular flexibility index (Phi) is 3.73. The van der Waals surface area contributed by atoms with Crippen molar-refractivity contribution in [2.75, 3.05) is 0 Å². The molecule has 0 amide bonds. The maximum atomic E-state index is 12.9. The molecule has 21 heavy (non-hydrogen) atoms. The fourth-order valence-electron chi connectivity index (χ4n) is 2.40. The molecule has 0 fully saturated rings. The van der Waals surface area contributed by atoms with Gasteiger partial charge in [0, 0.05) is 6.04 Å². The van der Waals surface area contributed by atoms with Gasteiger partial charge in [-0.05, 0) is 54.7 Å². The van der Waals surface area contributed by atoms with Crippen LogP contribution < -0.4 is 5.56 Å². The highest BCUT2D eigenvalue weighted by Crippen LogP contribution is 2.18. The van der Waals surface area contributed by atoms with Crippen molar-refractivity contribution in [2.24, 2.45) is 0 Å². The van der Waals surface area contributed by atoms with Gasteiger partial charge in [-0.3, -0.25) is 9.36 Å². The first-order chi connectivity index (χ1) is 10.1. The van der Waals surface area contributed by atoms with Crippen LogP contribution >= 0.6 is 23.6 Å². The predicted octanol–water partition coefficient (Wildman–Crippen LogP) is 4.06. The highest BCUT2D eigenvalue weighted by molar-refractivity contribution is 7.71. The number of fused-ring (bicyclic) bond motifs is 1. The molecule has 1 unspecified atom stereocenters. The topological polar surface area (TPSA) is 37.8 Å². The molecule has 1 aromatic carbocycles. The molecule has 2 aromatic heterocycles. The third-order valence-corrected chi connectivity index (χ3v) is 4.62. The molecule has 2 heterocycles. The first kappa shape index (κ1) is 14.2. The second kappa shape index (κ2) is 5.54. The van der Waals surface area contributed by atoms with Crippen LogP contribution in [0, 0.1) is 10.6 Å². The molecular weight excluding hydrogens is 307 g/mol. The van der Waals surface area contributed by atoms with Gasteiger partial charge >= 0.3 is 0 Å². The zero-order chi connectivity index (χ0) is 15.0. The van der Waals surface area contributed by atoms with E-state index >= 15 is 0 Å². The van der Waals surface area contributed by atoms with E-state index in [1.54, 1.807) is 16.7 Å². The summed E-state index contributed by atoms with van der Waals surface area (Å²) in [5.74, 6) is -0.263. The lowest BCUT2D eigenvalue weighted by atomic mass is 10.1. The van der Waals surface area contributed by atoms with E-state index in [2.05, 4.69) is 4.98 Å². The van der Waals surface area contributed by atoms with E-state index in [0.717, 1.165) is 11.1 Å². The molecule has 0 aliphatic rings. The lowest BCUT2D eigenvalue weighted by molar-refractivity contribution is 0.516. The summed E-state index contributed by atoms with van der Waals surface area (Å²) in [6.07, 6.45) is 0.620. The van der Waals surface area contributed by atoms with Gasteiger partial charge in [-0.1, -0.05) is 12.1 Å². The molecule has 0 saturated carbocycles. The molecule has 1 N–H and O–H groups in total. The Morgan fingerprint density at radius 1 is 1.33 bits per heavy atom. The van der Waals surface area contributed by atoms with Crippen molar-refractivity contribution in [1.82, 2.24) is 9.55 Å². The van der Waals surface area contributed by atoms with E-state index in [-0.39, 0.29) is 17.4 Å². The largest absolute Gasteiger partial charge is 0.331 e. The first-order valence-corrected chi connectivity index (χ1v) is 7.81. The van der Waals surface area contributed by atoms with E-state index in [1.165, 1.54) is 23.5 Å². The molecule has 0 aliphatic carbocycles. The number of hydrogen-bond donors (Lipinski definition) is 1. The second-order valence-electron chi connectivity index (χ2n) is 4.95. The van der Waals surface area contributed by atoms with Crippen LogP contribution in [-0.4, -0.2) is 9.55 Å². The molecule has 108 valence electrons. The normalized spacial score (nSPS) is 12.7. The predicted molar refractivity (Wildman–Crippen MR) is 86.1 cm³/mol. The third kappa shape index (κ3) is 2.69. The number of rotatable bonds is 3. The van der Waals surface area contributed by atoms with Gasteiger partial charge in [0.2, 0.25) is 0 Å². The maximum absolute atomic E-state index is 12.9. The average Bonchev–Trinajstić information content (AvgIpc) is 2.90. The zero-order valence-electron chi connectivity index (χ0n) is 11.3. The monoisotopic (exact) mass is 320 g/mol. The standard InChI is InChI=1S/C15H13FN2OS2/c1-9(8-10-2-4-11(16)5-3-10)18-14(19)13-12(6-7-21-13)17-15(18)20/h2-7,9H,8H2,1H3,(H,17,20). The van der Waals surface area contributed by atoms with Crippen LogP contribution in [0.3, 0.4) is 0 Å². The van der Waals surface area contributed by atoms with E-state index in [9.17, 15) is 9.18 Å². The minimum atomic E-state index is -0.263. The number of nitrogens with one attached hydrogen (secondary N) is 1. The van der Waals surface area contributed by atoms with Gasteiger partial charge in [0.15, 0.2) is 4.77 Å². The molecule has 1 atom stereocenters. The molecule has 0 saturated heterocycles. The number of nitrogens with zero attached hydrogens (tertiary/aromatic N) is 1. The summed E-state index contributed by atoms with van der Waals surface area (Å²) in [6, 6.07) is 8.06. The molecule has 6 heteroatoms. The summed E-state index contributed by atoms with van der Waals surface area (Å²) >= 11 is 6.70. The number of halogens is 1. The molecule has 3 nitrogen and oxygen atoms in total. The van der Waals surface area contributed by atoms with Crippen LogP contribution in [0.15, 0.2) is 40.5 Å². The Morgan fingerprint density at radius 2 is 2.05 bits per heavy atom. The number of thiophene rings is 1. The second-order valence-corrected chi connectivity index (χ2v) is 6.25. The molecule has 3 aromatic rings. The van der Waals surface area contributed by atoms with Crippen molar-refractivity contribution in [1.29, 1.82) is 0 Å². The van der Waals surface area contributed by atoms with Crippen molar-refractivity contribution < 1.29 is 4.39 Å². The summed E-state index contributed by atoms with van der Waals surface area (Å²) in [4.78, 5) is 15.6. The summed E-state index contributed by atoms with van der Waals surface area (Å²) < 4.78 is 15.6. The lowest BCUT2D eigenvalue weighted by Gasteiger charge is -2.15. The summed E-state index contributed by atoms with van der Waals surface area (Å²) in [5.41, 5.74) is 1.68. The van der Waals surface area contributed by atoms with Crippen LogP contribution in [0.2, 0.25) is 0 Å². The number of aromatic nitrogens is 2. The fourth-order valence-corrected chi connectivity index (χ4v) is 3.56. The highest BCUT2D eigenvalue weighted by Gasteiger charge is 2.13. The lowest BCUT2D eigenvalue weighted by Crippen LogP contribution is -2.25. The van der Waals surface area contributed by atoms with Gasteiger partial charge < -0.3 is 4.98 Å². The summed E-state index contributed by atoms with van der Waals surface area (Å²) in [7, 11) is 0. The smallest absolute Gasteiger partial charge is 0.272 e. The molecule has 0 spiro atoms. The minimum absolute atomic E-state index is 0.0710. The van der Waals surface area contributed by atoms with Crippen LogP contribution in [-0.2, 0) is 6.42 Å². The number of hydrogen-bond acceptors (Lipinski definition) is 3. The molecule has 0 aliphatic heterocycles. The van der Waals surface area contributed by atoms with E-state index < -0.39 is 0 Å². The van der Waals surface area contributed by atoms with Gasteiger partial charge in [0.05, 0.1) is 5.52 Å². The van der Waals surface area contributed by atoms with Gasteiger partial charge in [-0.25, -0.2) is 4.39 Å². The Bertz CT molecular complexity index is 892. The van der Waals surface area contributed by atoms with Gasteiger partial charge in [0.1, 0.15) is 10.5 Å². The Balaban J connectivity index is 2.01. The Labute approximate surface area is 129 Å². The van der Waals surface area contributed by atoms with Gasteiger partial charge in [0.25, 0.3) is 5.56 Å². The van der Waals surface area contributed by atoms with Crippen molar-refractivity contribution in [2.45, 2.75) is 19.4 Å². The summed E-state index contributed by atoms with van der Waals surface area (Å²) in [5, 5.41) is 1.87. The van der Waals surface area contributed by atoms with E-state index in [0.29, 0.717) is 15.9 Å². The van der Waals surface area contributed by atoms with Crippen molar-refractivity contribution in [3.63, 3.8) is 0 Å². The molecule has 0 bridgehead atoms. The first-order valence-electron chi connectivity index (χ1n) is 6.52. The van der Waals surface area contributed by atoms with Crippen molar-refractivity contribution in [3.05, 3.63) is 62.2 Å². The Hall–Kier alpha value is -1.79. The van der Waals surface area contributed by atoms with Crippen molar-refractivity contribution >= 4 is 33.8 Å². The quantitative estimate of drug-likeness (QED) is 0.739. The third-order valence-electron chi connectivity index (χ3n) is 3.42. The van der Waals surface area contributed by atoms with E-state index in [4.69, 9.17) is 12.2 Å². The molecule has 3 rings (SSSR count). The van der Waals surface area contributed by atoms with E-state index in [1.807, 2.05) is 18.4 Å². The number of benzene rings is 1. The van der Waals surface area contributed by atoms with Crippen LogP contribution in [0.4, 0.5) is 4.39 Å². The average molecular weight is 320 g/mol. The molecule has 0 radical (unpaired) electrons. The molecular formula is C15H13FN2OS2. The summed E-state index contributed by atoms with van der Waals surface area (Å²) in [6.45, 7) is 1.94. The fraction of sp³-hybridized carbons (Fsp3) is 0.200. The number of H-pyrrole nitrogens is 1. The van der Waals surface area contributed by atoms with Crippen LogP contribution in [0.5, 0.6) is 0 Å². The Morgan fingerprint density at radius 3 is 2.76 bits per heavy atom. The number of aromatic amines is 1. The SMILES string of the molecule is CC(Cc1ccc(F)cc1)n1c(=S)[nH]c2ccsc2c1=O. The van der Waals surface area contributed by atoms with Crippen molar-refractivity contribution in [3.8, 4) is 0 Å². The van der Waals surface area contributed by atoms with Crippen LogP contribution in [0.25, 0.3) is 10.2 Å².